The highest BCUT2D eigenvalue weighted by molar-refractivity contribution is 5.78. The number of rotatable bonds is 4. The van der Waals surface area contributed by atoms with E-state index in [1.807, 2.05) is 34.5 Å². The van der Waals surface area contributed by atoms with Crippen molar-refractivity contribution in [3.05, 3.63) is 30.2 Å². The van der Waals surface area contributed by atoms with Gasteiger partial charge < -0.3 is 9.73 Å². The summed E-state index contributed by atoms with van der Waals surface area (Å²) in [5, 5.41) is 1.90. The Balaban J connectivity index is 1.59. The van der Waals surface area contributed by atoms with E-state index in [4.69, 9.17) is 4.42 Å². The molecule has 24 heavy (non-hydrogen) atoms. The van der Waals surface area contributed by atoms with Crippen LogP contribution < -0.4 is 5.32 Å². The monoisotopic (exact) mass is 341 g/mol. The van der Waals surface area contributed by atoms with Crippen LogP contribution in [0.1, 0.15) is 24.7 Å². The van der Waals surface area contributed by atoms with Crippen molar-refractivity contribution in [3.8, 4) is 0 Å². The van der Waals surface area contributed by atoms with Crippen molar-refractivity contribution in [2.24, 2.45) is 0 Å². The molecule has 0 aliphatic carbocycles. The predicted molar refractivity (Wildman–Crippen MR) is 81.5 cm³/mol. The number of hydrogen-bond acceptors (Lipinski definition) is 4. The van der Waals surface area contributed by atoms with Gasteiger partial charge in [-0.2, -0.15) is 13.2 Å². The van der Waals surface area contributed by atoms with Crippen LogP contribution in [0, 0.1) is 0 Å². The van der Waals surface area contributed by atoms with Crippen molar-refractivity contribution in [2.45, 2.75) is 24.9 Å². The third kappa shape index (κ3) is 4.25. The number of likely N-dealkylation sites (tertiary alicyclic amines) is 1. The molecule has 1 aromatic carbocycles. The Kier molecular flexibility index (Phi) is 4.75. The van der Waals surface area contributed by atoms with Gasteiger partial charge in [0.15, 0.2) is 11.5 Å². The van der Waals surface area contributed by atoms with Gasteiger partial charge in [0.25, 0.3) is 0 Å². The summed E-state index contributed by atoms with van der Waals surface area (Å²) in [6.45, 7) is -0.122. The molecule has 0 unspecified atom stereocenters. The average molecular weight is 341 g/mol. The first kappa shape index (κ1) is 16.8. The number of alkyl halides is 3. The molecule has 1 aliphatic heterocycles. The van der Waals surface area contributed by atoms with E-state index in [1.165, 1.54) is 0 Å². The molecule has 3 rings (SSSR count). The van der Waals surface area contributed by atoms with E-state index < -0.39 is 18.6 Å². The zero-order chi connectivity index (χ0) is 17.2. The number of oxazole rings is 1. The summed E-state index contributed by atoms with van der Waals surface area (Å²) in [6.07, 6.45) is -2.66. The summed E-state index contributed by atoms with van der Waals surface area (Å²) in [7, 11) is 0. The number of amides is 1. The van der Waals surface area contributed by atoms with E-state index in [0.29, 0.717) is 24.6 Å². The number of benzene rings is 1. The lowest BCUT2D eigenvalue weighted by atomic mass is 9.98. The molecule has 2 heterocycles. The fourth-order valence-corrected chi connectivity index (χ4v) is 2.92. The zero-order valence-corrected chi connectivity index (χ0v) is 13.0. The largest absolute Gasteiger partial charge is 0.440 e. The van der Waals surface area contributed by atoms with Crippen molar-refractivity contribution in [1.82, 2.24) is 15.2 Å². The molecule has 0 spiro atoms. The number of aromatic nitrogens is 1. The summed E-state index contributed by atoms with van der Waals surface area (Å²) in [5.41, 5.74) is 1.50. The maximum Gasteiger partial charge on any atom is 0.405 e. The van der Waals surface area contributed by atoms with E-state index in [1.54, 1.807) is 0 Å². The number of hydrogen-bond donors (Lipinski definition) is 1. The summed E-state index contributed by atoms with van der Waals surface area (Å²) < 4.78 is 42.2. The quantitative estimate of drug-likeness (QED) is 0.929. The van der Waals surface area contributed by atoms with E-state index >= 15 is 0 Å². The van der Waals surface area contributed by atoms with Gasteiger partial charge in [-0.15, -0.1) is 0 Å². The normalized spacial score (nSPS) is 19.5. The van der Waals surface area contributed by atoms with Gasteiger partial charge in [-0.05, 0) is 31.5 Å². The van der Waals surface area contributed by atoms with Crippen LogP contribution in [0.5, 0.6) is 0 Å². The number of carbonyl (C=O) groups is 1. The molecule has 1 atom stereocenters. The first-order valence-electron chi connectivity index (χ1n) is 7.82. The Labute approximate surface area is 136 Å². The van der Waals surface area contributed by atoms with Gasteiger partial charge in [0, 0.05) is 12.5 Å². The molecule has 0 bridgehead atoms. The van der Waals surface area contributed by atoms with Crippen LogP contribution in [0.4, 0.5) is 13.2 Å². The lowest BCUT2D eigenvalue weighted by molar-refractivity contribution is -0.139. The molecule has 130 valence electrons. The topological polar surface area (TPSA) is 58.4 Å². The van der Waals surface area contributed by atoms with Crippen molar-refractivity contribution in [3.63, 3.8) is 0 Å². The number of para-hydroxylation sites is 2. The minimum Gasteiger partial charge on any atom is -0.440 e. The molecule has 0 saturated carbocycles. The second-order valence-electron chi connectivity index (χ2n) is 5.99. The first-order chi connectivity index (χ1) is 11.4. The minimum atomic E-state index is -4.39. The van der Waals surface area contributed by atoms with Crippen LogP contribution in [0.3, 0.4) is 0 Å². The second-order valence-corrected chi connectivity index (χ2v) is 5.99. The maximum absolute atomic E-state index is 12.1. The van der Waals surface area contributed by atoms with E-state index in [-0.39, 0.29) is 12.5 Å². The Morgan fingerprint density at radius 2 is 2.17 bits per heavy atom. The van der Waals surface area contributed by atoms with E-state index in [2.05, 4.69) is 4.98 Å². The van der Waals surface area contributed by atoms with Gasteiger partial charge in [-0.1, -0.05) is 12.1 Å². The number of fused-ring (bicyclic) bond motifs is 1. The van der Waals surface area contributed by atoms with Crippen LogP contribution in [0.15, 0.2) is 28.7 Å². The van der Waals surface area contributed by atoms with E-state index in [0.717, 1.165) is 18.4 Å². The van der Waals surface area contributed by atoms with Gasteiger partial charge in [-0.3, -0.25) is 9.69 Å². The summed E-state index contributed by atoms with van der Waals surface area (Å²) in [5.74, 6) is 0.0451. The zero-order valence-electron chi connectivity index (χ0n) is 13.0. The van der Waals surface area contributed by atoms with Crippen LogP contribution in [0.2, 0.25) is 0 Å². The van der Waals surface area contributed by atoms with Gasteiger partial charge in [-0.25, -0.2) is 4.98 Å². The predicted octanol–water partition coefficient (Wildman–Crippen LogP) is 2.69. The highest BCUT2D eigenvalue weighted by Crippen LogP contribution is 2.28. The summed E-state index contributed by atoms with van der Waals surface area (Å²) >= 11 is 0. The molecule has 1 fully saturated rings. The van der Waals surface area contributed by atoms with Gasteiger partial charge in [0.1, 0.15) is 12.1 Å². The third-order valence-corrected chi connectivity index (χ3v) is 4.02. The molecule has 1 aromatic heterocycles. The fraction of sp³-hybridized carbons (Fsp3) is 0.500. The molecule has 0 radical (unpaired) electrons. The molecular weight excluding hydrogens is 323 g/mol. The Morgan fingerprint density at radius 1 is 1.38 bits per heavy atom. The number of carbonyl (C=O) groups excluding carboxylic acids is 1. The molecule has 1 aliphatic rings. The second kappa shape index (κ2) is 6.80. The average Bonchev–Trinajstić information content (AvgIpc) is 2.97. The molecule has 1 amide bonds. The SMILES string of the molecule is O=C(CN1CCC[C@H](c2nc3ccccc3o2)C1)NCC(F)(F)F. The highest BCUT2D eigenvalue weighted by Gasteiger charge is 2.29. The fourth-order valence-electron chi connectivity index (χ4n) is 2.92. The lowest BCUT2D eigenvalue weighted by Gasteiger charge is -2.30. The molecule has 8 heteroatoms. The smallest absolute Gasteiger partial charge is 0.405 e. The number of nitrogens with zero attached hydrogens (tertiary/aromatic N) is 2. The molecule has 1 N–H and O–H groups in total. The molecular formula is C16H18F3N3O2. The van der Waals surface area contributed by atoms with Crippen LogP contribution in [-0.2, 0) is 4.79 Å². The standard InChI is InChI=1S/C16H18F3N3O2/c17-16(18,19)10-20-14(23)9-22-7-3-4-11(8-22)15-21-12-5-1-2-6-13(12)24-15/h1-2,5-6,11H,3-4,7-10H2,(H,20,23)/t11-/m0/s1. The van der Waals surface area contributed by atoms with Crippen molar-refractivity contribution in [2.75, 3.05) is 26.2 Å². The molecule has 5 nitrogen and oxygen atoms in total. The molecule has 2 aromatic rings. The lowest BCUT2D eigenvalue weighted by Crippen LogP contribution is -2.44. The highest BCUT2D eigenvalue weighted by atomic mass is 19.4. The number of nitrogens with one attached hydrogen (secondary N) is 1. The van der Waals surface area contributed by atoms with Gasteiger partial charge in [0.2, 0.25) is 5.91 Å². The van der Waals surface area contributed by atoms with Crippen LogP contribution >= 0.6 is 0 Å². The maximum atomic E-state index is 12.1. The summed E-state index contributed by atoms with van der Waals surface area (Å²) in [4.78, 5) is 18.0. The Morgan fingerprint density at radius 3 is 2.92 bits per heavy atom. The number of piperidine rings is 1. The minimum absolute atomic E-state index is 0.0431. The van der Waals surface area contributed by atoms with Crippen molar-refractivity contribution in [1.29, 1.82) is 0 Å². The number of halogens is 3. The third-order valence-electron chi connectivity index (χ3n) is 4.02. The van der Waals surface area contributed by atoms with Crippen LogP contribution in [0.25, 0.3) is 11.1 Å². The van der Waals surface area contributed by atoms with E-state index in [9.17, 15) is 18.0 Å². The Hall–Kier alpha value is -2.09. The van der Waals surface area contributed by atoms with Crippen molar-refractivity contribution < 1.29 is 22.4 Å². The summed E-state index contributed by atoms with van der Waals surface area (Å²) in [6, 6.07) is 7.47. The van der Waals surface area contributed by atoms with Crippen molar-refractivity contribution >= 4 is 17.0 Å². The van der Waals surface area contributed by atoms with Crippen LogP contribution in [-0.4, -0.2) is 48.1 Å². The van der Waals surface area contributed by atoms with Gasteiger partial charge >= 0.3 is 6.18 Å². The van der Waals surface area contributed by atoms with Gasteiger partial charge in [0.05, 0.1) is 6.54 Å². The Bertz CT molecular complexity index is 681. The molecule has 1 saturated heterocycles. The first-order valence-corrected chi connectivity index (χ1v) is 7.82.